The number of aliphatic carboxylic acids is 1. The average molecular weight is 1270 g/mol. The van der Waals surface area contributed by atoms with E-state index in [9.17, 15) is 53.4 Å². The predicted octanol–water partition coefficient (Wildman–Crippen LogP) is 1.02. The number of amides is 10. The molecule has 3 aliphatic heterocycles. The Morgan fingerprint density at radius 2 is 1.15 bits per heavy atom. The molecule has 3 fully saturated rings. The highest BCUT2D eigenvalue weighted by Gasteiger charge is 2.45. The maximum atomic E-state index is 15.1. The number of carboxylic acid groups (broad SMARTS) is 1. The van der Waals surface area contributed by atoms with Crippen LogP contribution in [-0.2, 0) is 78.4 Å². The van der Waals surface area contributed by atoms with E-state index in [0.29, 0.717) is 53.7 Å². The standard InChI is InChI=1S/C66H82N12O14/c1-3-4-6-17-48-60(85)73-51(35-43-37-68-47-16-10-9-15-46(43)47)59(84)69-38-56(80)71-49(32-41-20-24-44(79)25-21-41)61(86)75-52(36-58(82)83)65(90)78-30-12-19-54(78)66(91)77-29-11-18-53(77)63(88)70-39-57(81)76(2)55(34-40-13-7-5-8-14-40)64(89)74-50(62(87)72-48)33-42-22-26-45(27-23-42)92-31-28-67/h5,7-10,13-16,20-27,37,48-55,68,79H,3-4,6,11-12,17-19,28-36,38-39,67H2,1-2H3,(H,69,84)(H,70,88)(H,71,80)(H,72,87)(H,73,85)(H,74,89)(H,75,86)(H,82,83)/t48-,49-,50-,51-,52-,53-,54+,55-/m0/s1. The first-order chi connectivity index (χ1) is 44.3. The van der Waals surface area contributed by atoms with Gasteiger partial charge in [0.1, 0.15) is 66.4 Å². The molecule has 8 atom stereocenters. The summed E-state index contributed by atoms with van der Waals surface area (Å²) in [5.74, 6) is -9.08. The molecule has 12 N–H and O–H groups in total. The zero-order chi connectivity index (χ0) is 65.8. The molecule has 92 heavy (non-hydrogen) atoms. The van der Waals surface area contributed by atoms with Crippen molar-refractivity contribution in [3.05, 3.63) is 132 Å². The van der Waals surface area contributed by atoms with Crippen molar-refractivity contribution in [1.29, 1.82) is 0 Å². The fourth-order valence-electron chi connectivity index (χ4n) is 11.8. The number of aromatic nitrogens is 1. The van der Waals surface area contributed by atoms with Crippen molar-refractivity contribution in [1.82, 2.24) is 56.9 Å². The molecule has 0 aliphatic carbocycles. The minimum atomic E-state index is -1.77. The lowest BCUT2D eigenvalue weighted by Crippen LogP contribution is -2.60. The molecular formula is C66H82N12O14. The van der Waals surface area contributed by atoms with E-state index < -0.39 is 133 Å². The maximum Gasteiger partial charge on any atom is 0.305 e. The summed E-state index contributed by atoms with van der Waals surface area (Å²) in [6.45, 7) is 1.16. The van der Waals surface area contributed by atoms with Crippen LogP contribution < -0.4 is 47.7 Å². The summed E-state index contributed by atoms with van der Waals surface area (Å²) in [6.07, 6.45) is 3.09. The van der Waals surface area contributed by atoms with Crippen molar-refractivity contribution in [2.45, 2.75) is 139 Å². The Hall–Kier alpha value is -9.85. The van der Waals surface area contributed by atoms with E-state index in [1.807, 2.05) is 25.1 Å². The van der Waals surface area contributed by atoms with E-state index in [4.69, 9.17) is 10.5 Å². The van der Waals surface area contributed by atoms with Crippen molar-refractivity contribution in [3.8, 4) is 11.5 Å². The first-order valence-corrected chi connectivity index (χ1v) is 31.2. The van der Waals surface area contributed by atoms with Crippen LogP contribution in [0, 0.1) is 0 Å². The second-order valence-electron chi connectivity index (χ2n) is 23.4. The Kier molecular flexibility index (Phi) is 24.2. The minimum absolute atomic E-state index is 0.0112. The second kappa shape index (κ2) is 32.8. The largest absolute Gasteiger partial charge is 0.508 e. The molecular weight excluding hydrogens is 1180 g/mol. The van der Waals surface area contributed by atoms with Gasteiger partial charge in [-0.15, -0.1) is 0 Å². The quantitative estimate of drug-likeness (QED) is 0.0579. The number of nitrogens with two attached hydrogens (primary N) is 1. The Morgan fingerprint density at radius 1 is 0.587 bits per heavy atom. The maximum absolute atomic E-state index is 15.1. The first-order valence-electron chi connectivity index (χ1n) is 31.2. The zero-order valence-electron chi connectivity index (χ0n) is 51.7. The molecule has 3 aliphatic rings. The summed E-state index contributed by atoms with van der Waals surface area (Å²) in [4.78, 5) is 165. The lowest BCUT2D eigenvalue weighted by atomic mass is 10.00. The van der Waals surface area contributed by atoms with Crippen molar-refractivity contribution in [2.24, 2.45) is 5.73 Å². The van der Waals surface area contributed by atoms with E-state index in [-0.39, 0.29) is 76.9 Å². The highest BCUT2D eigenvalue weighted by Crippen LogP contribution is 2.27. The fraction of sp³-hybridized carbons (Fsp3) is 0.439. The molecule has 0 saturated carbocycles. The van der Waals surface area contributed by atoms with Gasteiger partial charge in [-0.05, 0) is 84.7 Å². The van der Waals surface area contributed by atoms with Crippen LogP contribution in [-0.4, -0.2) is 190 Å². The Morgan fingerprint density at radius 3 is 1.83 bits per heavy atom. The van der Waals surface area contributed by atoms with Gasteiger partial charge < -0.3 is 77.6 Å². The lowest BCUT2D eigenvalue weighted by Gasteiger charge is -2.33. The van der Waals surface area contributed by atoms with Crippen molar-refractivity contribution in [3.63, 3.8) is 0 Å². The molecule has 10 amide bonds. The number of benzene rings is 4. The lowest BCUT2D eigenvalue weighted by molar-refractivity contribution is -0.149. The van der Waals surface area contributed by atoms with Crippen LogP contribution in [0.3, 0.4) is 0 Å². The van der Waals surface area contributed by atoms with Gasteiger partial charge in [-0.1, -0.05) is 99.0 Å². The molecule has 0 spiro atoms. The number of carbonyl (C=O) groups excluding carboxylic acids is 10. The van der Waals surface area contributed by atoms with E-state index in [2.05, 4.69) is 42.2 Å². The SMILES string of the molecule is CCCCC[C@@H]1NC(=O)[C@H](Cc2ccc(OCCN)cc2)NC(=O)[C@H](Cc2ccccc2)N(C)C(=O)CNC(=O)[C@@H]2CCCN2C(=O)[C@H]2CCCN2C(=O)[C@H](CC(=O)O)NC(=O)[C@H](Cc2ccc(O)cc2)NC(=O)CNC(=O)[C@H](Cc2c[nH]c3ccccc23)NC1=O. The molecule has 26 nitrogen and oxygen atoms in total. The van der Waals surface area contributed by atoms with E-state index in [0.717, 1.165) is 22.2 Å². The number of phenols is 1. The molecule has 5 aromatic rings. The number of para-hydroxylation sites is 1. The normalized spacial score (nSPS) is 23.1. The van der Waals surface area contributed by atoms with Crippen molar-refractivity contribution < 1.29 is 67.7 Å². The van der Waals surface area contributed by atoms with Gasteiger partial charge in [-0.2, -0.15) is 0 Å². The molecule has 4 aromatic carbocycles. The summed E-state index contributed by atoms with van der Waals surface area (Å²) in [5.41, 5.74) is 8.64. The average Bonchev–Trinajstić information content (AvgIpc) is 1.65. The predicted molar refractivity (Wildman–Crippen MR) is 337 cm³/mol. The number of carboxylic acids is 1. The number of carbonyl (C=O) groups is 11. The van der Waals surface area contributed by atoms with Gasteiger partial charge in [0.05, 0.1) is 19.5 Å². The van der Waals surface area contributed by atoms with Gasteiger partial charge in [0, 0.05) is 69.5 Å². The third kappa shape index (κ3) is 18.4. The summed E-state index contributed by atoms with van der Waals surface area (Å²) in [7, 11) is 1.38. The number of hydrogen-bond acceptors (Lipinski definition) is 14. The smallest absolute Gasteiger partial charge is 0.305 e. The summed E-state index contributed by atoms with van der Waals surface area (Å²) < 4.78 is 5.69. The van der Waals surface area contributed by atoms with E-state index in [1.54, 1.807) is 66.9 Å². The third-order valence-electron chi connectivity index (χ3n) is 16.8. The summed E-state index contributed by atoms with van der Waals surface area (Å²) >= 11 is 0. The van der Waals surface area contributed by atoms with E-state index in [1.165, 1.54) is 41.1 Å². The number of aromatic amines is 1. The van der Waals surface area contributed by atoms with Gasteiger partial charge in [0.15, 0.2) is 0 Å². The van der Waals surface area contributed by atoms with Gasteiger partial charge in [-0.3, -0.25) is 52.7 Å². The van der Waals surface area contributed by atoms with Crippen LogP contribution in [0.2, 0.25) is 0 Å². The number of H-pyrrole nitrogens is 1. The highest BCUT2D eigenvalue weighted by molar-refractivity contribution is 6.00. The van der Waals surface area contributed by atoms with Gasteiger partial charge in [0.25, 0.3) is 0 Å². The van der Waals surface area contributed by atoms with Crippen molar-refractivity contribution in [2.75, 3.05) is 46.4 Å². The molecule has 0 radical (unpaired) electrons. The molecule has 1 aromatic heterocycles. The number of hydrogen-bond donors (Lipinski definition) is 11. The Bertz CT molecular complexity index is 3440. The number of aromatic hydroxyl groups is 1. The summed E-state index contributed by atoms with van der Waals surface area (Å²) in [6, 6.07) is 17.5. The first kappa shape index (κ1) is 68.1. The summed E-state index contributed by atoms with van der Waals surface area (Å²) in [5, 5.41) is 39.8. The number of likely N-dealkylation sites (N-methyl/N-ethyl adjacent to an activating group) is 1. The highest BCUT2D eigenvalue weighted by atomic mass is 16.5. The Labute approximate surface area is 532 Å². The third-order valence-corrected chi connectivity index (χ3v) is 16.8. The van der Waals surface area contributed by atoms with Crippen LogP contribution in [0.4, 0.5) is 0 Å². The molecule has 26 heteroatoms. The number of nitrogens with zero attached hydrogens (tertiary/aromatic N) is 3. The van der Waals surface area contributed by atoms with Crippen LogP contribution in [0.5, 0.6) is 11.5 Å². The topological polar surface area (TPSA) is 373 Å². The van der Waals surface area contributed by atoms with E-state index >= 15 is 9.59 Å². The molecule has 490 valence electrons. The number of fused-ring (bicyclic) bond motifs is 3. The number of ether oxygens (including phenoxy) is 1. The molecule has 8 rings (SSSR count). The number of phenolic OH excluding ortho intramolecular Hbond substituents is 1. The second-order valence-corrected chi connectivity index (χ2v) is 23.4. The van der Waals surface area contributed by atoms with Crippen LogP contribution in [0.1, 0.15) is 87.0 Å². The minimum Gasteiger partial charge on any atom is -0.508 e. The molecule has 0 bridgehead atoms. The van der Waals surface area contributed by atoms with Crippen LogP contribution >= 0.6 is 0 Å². The van der Waals surface area contributed by atoms with Crippen molar-refractivity contribution >= 4 is 75.9 Å². The fourth-order valence-corrected chi connectivity index (χ4v) is 11.8. The molecule has 0 unspecified atom stereocenters. The number of nitrogens with one attached hydrogen (secondary N) is 8. The number of rotatable bonds is 17. The monoisotopic (exact) mass is 1270 g/mol. The Balaban J connectivity index is 1.16. The molecule has 3 saturated heterocycles. The van der Waals surface area contributed by atoms with Gasteiger partial charge in [0.2, 0.25) is 59.1 Å². The van der Waals surface area contributed by atoms with Crippen LogP contribution in [0.15, 0.2) is 109 Å². The van der Waals surface area contributed by atoms with Gasteiger partial charge >= 0.3 is 5.97 Å². The molecule has 4 heterocycles. The zero-order valence-corrected chi connectivity index (χ0v) is 51.7. The number of unbranched alkanes of at least 4 members (excludes halogenated alkanes) is 2. The van der Waals surface area contributed by atoms with Gasteiger partial charge in [-0.25, -0.2) is 0 Å². The van der Waals surface area contributed by atoms with Crippen LogP contribution in [0.25, 0.3) is 10.9 Å².